The maximum Gasteiger partial charge on any atom is 0.229 e. The molecule has 158 valence electrons. The molecule has 0 N–H and O–H groups in total. The van der Waals surface area contributed by atoms with E-state index in [0.717, 1.165) is 26.8 Å². The number of fused-ring (bicyclic) bond motifs is 1. The lowest BCUT2D eigenvalue weighted by atomic mass is 10.1. The monoisotopic (exact) mass is 447 g/mol. The summed E-state index contributed by atoms with van der Waals surface area (Å²) in [7, 11) is 0. The molecule has 31 heavy (non-hydrogen) atoms. The molecule has 0 saturated carbocycles. The molecule has 6 heteroatoms. The number of carbonyl (C=O) groups excluding carboxylic acids is 1. The SMILES string of the molecule is Cc1ccc(SCCC(=O)N(Cc2ccccn2)c2nc3cc(C)cc(C)c3s2)cc1. The molecule has 2 heterocycles. The van der Waals surface area contributed by atoms with Crippen LogP contribution in [0, 0.1) is 20.8 Å². The van der Waals surface area contributed by atoms with Crippen molar-refractivity contribution in [3.05, 3.63) is 83.2 Å². The lowest BCUT2D eigenvalue weighted by Gasteiger charge is -2.19. The summed E-state index contributed by atoms with van der Waals surface area (Å²) < 4.78 is 1.13. The average molecular weight is 448 g/mol. The highest BCUT2D eigenvalue weighted by atomic mass is 32.2. The Bertz CT molecular complexity index is 1190. The van der Waals surface area contributed by atoms with E-state index in [1.807, 2.05) is 18.2 Å². The van der Waals surface area contributed by atoms with E-state index in [2.05, 4.69) is 62.2 Å². The molecule has 2 aromatic carbocycles. The molecular weight excluding hydrogens is 422 g/mol. The van der Waals surface area contributed by atoms with Gasteiger partial charge in [0.25, 0.3) is 0 Å². The Hall–Kier alpha value is -2.70. The van der Waals surface area contributed by atoms with Gasteiger partial charge in [-0.15, -0.1) is 11.8 Å². The number of hydrogen-bond donors (Lipinski definition) is 0. The van der Waals surface area contributed by atoms with Gasteiger partial charge in [-0.05, 0) is 62.2 Å². The normalized spacial score (nSPS) is 11.1. The number of thioether (sulfide) groups is 1. The van der Waals surface area contributed by atoms with Gasteiger partial charge in [0.05, 0.1) is 22.5 Å². The van der Waals surface area contributed by atoms with Crippen LogP contribution >= 0.6 is 23.1 Å². The molecule has 2 aromatic heterocycles. The third-order valence-electron chi connectivity index (χ3n) is 4.99. The Morgan fingerprint density at radius 1 is 1.03 bits per heavy atom. The van der Waals surface area contributed by atoms with Gasteiger partial charge < -0.3 is 0 Å². The standard InChI is InChI=1S/C25H25N3OS2/c1-17-7-9-21(10-8-17)30-13-11-23(29)28(16-20-6-4-5-12-26-20)25-27-22-15-18(2)14-19(3)24(22)31-25/h4-10,12,14-15H,11,13,16H2,1-3H3. The quantitative estimate of drug-likeness (QED) is 0.311. The highest BCUT2D eigenvalue weighted by Gasteiger charge is 2.21. The summed E-state index contributed by atoms with van der Waals surface area (Å²) in [5, 5.41) is 0.736. The molecule has 0 unspecified atom stereocenters. The first kappa shape index (κ1) is 21.5. The third-order valence-corrected chi connectivity index (χ3v) is 7.24. The Labute approximate surface area is 191 Å². The fourth-order valence-corrected chi connectivity index (χ4v) is 5.30. The summed E-state index contributed by atoms with van der Waals surface area (Å²) in [5.41, 5.74) is 5.42. The van der Waals surface area contributed by atoms with Gasteiger partial charge in [0.1, 0.15) is 0 Å². The number of benzene rings is 2. The van der Waals surface area contributed by atoms with Gasteiger partial charge in [0.15, 0.2) is 5.13 Å². The largest absolute Gasteiger partial charge is 0.282 e. The minimum Gasteiger partial charge on any atom is -0.282 e. The van der Waals surface area contributed by atoms with Crippen molar-refractivity contribution in [2.24, 2.45) is 0 Å². The minimum atomic E-state index is 0.0682. The molecule has 0 saturated heterocycles. The summed E-state index contributed by atoms with van der Waals surface area (Å²) in [6.45, 7) is 6.67. The second kappa shape index (κ2) is 9.62. The number of carbonyl (C=O) groups is 1. The smallest absolute Gasteiger partial charge is 0.229 e. The van der Waals surface area contributed by atoms with Crippen LogP contribution in [0.4, 0.5) is 5.13 Å². The fourth-order valence-electron chi connectivity index (χ4n) is 3.42. The van der Waals surface area contributed by atoms with Crippen LogP contribution in [0.1, 0.15) is 28.8 Å². The lowest BCUT2D eigenvalue weighted by Crippen LogP contribution is -2.30. The van der Waals surface area contributed by atoms with Gasteiger partial charge >= 0.3 is 0 Å². The minimum absolute atomic E-state index is 0.0682. The van der Waals surface area contributed by atoms with E-state index in [0.29, 0.717) is 13.0 Å². The second-order valence-corrected chi connectivity index (χ2v) is 9.78. The van der Waals surface area contributed by atoms with Crippen molar-refractivity contribution < 1.29 is 4.79 Å². The first-order chi connectivity index (χ1) is 15.0. The second-order valence-electron chi connectivity index (χ2n) is 7.64. The molecule has 0 aliphatic rings. The third kappa shape index (κ3) is 5.32. The number of hydrogen-bond acceptors (Lipinski definition) is 5. The molecule has 0 spiro atoms. The van der Waals surface area contributed by atoms with Crippen LogP contribution in [0.2, 0.25) is 0 Å². The van der Waals surface area contributed by atoms with Crippen molar-refractivity contribution >= 4 is 44.4 Å². The van der Waals surface area contributed by atoms with Crippen LogP contribution in [-0.4, -0.2) is 21.6 Å². The molecule has 1 amide bonds. The Morgan fingerprint density at radius 3 is 2.58 bits per heavy atom. The predicted molar refractivity (Wildman–Crippen MR) is 131 cm³/mol. The molecule has 0 aliphatic carbocycles. The maximum atomic E-state index is 13.3. The maximum absolute atomic E-state index is 13.3. The van der Waals surface area contributed by atoms with Gasteiger partial charge in [-0.2, -0.15) is 0 Å². The van der Waals surface area contributed by atoms with Crippen molar-refractivity contribution in [3.8, 4) is 0 Å². The van der Waals surface area contributed by atoms with E-state index in [1.54, 1.807) is 34.2 Å². The van der Waals surface area contributed by atoms with E-state index in [4.69, 9.17) is 4.98 Å². The highest BCUT2D eigenvalue weighted by molar-refractivity contribution is 7.99. The molecule has 0 radical (unpaired) electrons. The zero-order valence-electron chi connectivity index (χ0n) is 18.0. The van der Waals surface area contributed by atoms with Gasteiger partial charge in [-0.3, -0.25) is 14.7 Å². The van der Waals surface area contributed by atoms with Crippen molar-refractivity contribution in [2.75, 3.05) is 10.7 Å². The van der Waals surface area contributed by atoms with Gasteiger partial charge in [-0.25, -0.2) is 4.98 Å². The number of rotatable bonds is 7. The van der Waals surface area contributed by atoms with Crippen LogP contribution in [0.15, 0.2) is 65.7 Å². The first-order valence-corrected chi connectivity index (χ1v) is 12.1. The van der Waals surface area contributed by atoms with Crippen molar-refractivity contribution in [2.45, 2.75) is 38.6 Å². The first-order valence-electron chi connectivity index (χ1n) is 10.3. The molecule has 4 rings (SSSR count). The number of anilines is 1. The molecule has 0 atom stereocenters. The Morgan fingerprint density at radius 2 is 1.84 bits per heavy atom. The summed E-state index contributed by atoms with van der Waals surface area (Å²) >= 11 is 3.28. The Balaban J connectivity index is 1.55. The topological polar surface area (TPSA) is 46.1 Å². The summed E-state index contributed by atoms with van der Waals surface area (Å²) in [5.74, 6) is 0.794. The highest BCUT2D eigenvalue weighted by Crippen LogP contribution is 2.33. The van der Waals surface area contributed by atoms with Crippen LogP contribution in [-0.2, 0) is 11.3 Å². The van der Waals surface area contributed by atoms with Crippen LogP contribution < -0.4 is 4.90 Å². The van der Waals surface area contributed by atoms with Crippen LogP contribution in [0.25, 0.3) is 10.2 Å². The van der Waals surface area contributed by atoms with Crippen molar-refractivity contribution in [1.82, 2.24) is 9.97 Å². The summed E-state index contributed by atoms with van der Waals surface area (Å²) in [4.78, 5) is 25.5. The molecule has 4 nitrogen and oxygen atoms in total. The number of aryl methyl sites for hydroxylation is 3. The van der Waals surface area contributed by atoms with Gasteiger partial charge in [0.2, 0.25) is 5.91 Å². The molecule has 0 aliphatic heterocycles. The predicted octanol–water partition coefficient (Wildman–Crippen LogP) is 6.33. The van der Waals surface area contributed by atoms with E-state index in [9.17, 15) is 4.79 Å². The van der Waals surface area contributed by atoms with Crippen LogP contribution in [0.5, 0.6) is 0 Å². The van der Waals surface area contributed by atoms with E-state index < -0.39 is 0 Å². The molecule has 4 aromatic rings. The zero-order chi connectivity index (χ0) is 21.8. The zero-order valence-corrected chi connectivity index (χ0v) is 19.6. The Kier molecular flexibility index (Phi) is 6.68. The summed E-state index contributed by atoms with van der Waals surface area (Å²) in [6, 6.07) is 18.4. The lowest BCUT2D eigenvalue weighted by molar-refractivity contribution is -0.118. The van der Waals surface area contributed by atoms with Crippen molar-refractivity contribution in [3.63, 3.8) is 0 Å². The van der Waals surface area contributed by atoms with E-state index in [-0.39, 0.29) is 5.91 Å². The number of pyridine rings is 1. The number of nitrogens with zero attached hydrogens (tertiary/aromatic N) is 3. The van der Waals surface area contributed by atoms with Crippen molar-refractivity contribution in [1.29, 1.82) is 0 Å². The number of thiazole rings is 1. The van der Waals surface area contributed by atoms with Crippen LogP contribution in [0.3, 0.4) is 0 Å². The molecule has 0 fully saturated rings. The van der Waals surface area contributed by atoms with E-state index >= 15 is 0 Å². The number of amides is 1. The van der Waals surface area contributed by atoms with E-state index in [1.165, 1.54) is 21.6 Å². The molecular formula is C25H25N3OS2. The number of aromatic nitrogens is 2. The van der Waals surface area contributed by atoms with Gasteiger partial charge in [0, 0.05) is 23.3 Å². The summed E-state index contributed by atoms with van der Waals surface area (Å²) in [6.07, 6.45) is 2.20. The van der Waals surface area contributed by atoms with Gasteiger partial charge in [-0.1, -0.05) is 41.2 Å². The fraction of sp³-hybridized carbons (Fsp3) is 0.240. The molecule has 0 bridgehead atoms. The average Bonchev–Trinajstić information content (AvgIpc) is 3.18.